The second-order valence-corrected chi connectivity index (χ2v) is 5.86. The van der Waals surface area contributed by atoms with Crippen LogP contribution in [0, 0.1) is 5.82 Å². The van der Waals surface area contributed by atoms with Crippen molar-refractivity contribution in [1.82, 2.24) is 4.90 Å². The largest absolute Gasteiger partial charge is 0.339 e. The lowest BCUT2D eigenvalue weighted by molar-refractivity contribution is 0.0724. The Morgan fingerprint density at radius 3 is 2.25 bits per heavy atom. The molecule has 0 radical (unpaired) electrons. The zero-order chi connectivity index (χ0) is 16.9. The van der Waals surface area contributed by atoms with Crippen molar-refractivity contribution in [3.05, 3.63) is 65.5 Å². The summed E-state index contributed by atoms with van der Waals surface area (Å²) in [6, 6.07) is 12.5. The fourth-order valence-corrected chi connectivity index (χ4v) is 2.82. The number of benzene rings is 2. The summed E-state index contributed by atoms with van der Waals surface area (Å²) in [5.41, 5.74) is 1.12. The number of rotatable bonds is 3. The van der Waals surface area contributed by atoms with E-state index >= 15 is 0 Å². The Morgan fingerprint density at radius 1 is 0.917 bits per heavy atom. The van der Waals surface area contributed by atoms with Crippen LogP contribution in [-0.4, -0.2) is 29.8 Å². The highest BCUT2D eigenvalue weighted by Crippen LogP contribution is 2.16. The van der Waals surface area contributed by atoms with E-state index in [0.29, 0.717) is 11.3 Å². The number of hydrogen-bond donors (Lipinski definition) is 1. The first-order valence-electron chi connectivity index (χ1n) is 8.10. The normalized spacial score (nSPS) is 14.3. The number of amides is 2. The Morgan fingerprint density at radius 2 is 1.58 bits per heavy atom. The maximum absolute atomic E-state index is 13.6. The lowest BCUT2D eigenvalue weighted by atomic mass is 10.1. The molecule has 0 aliphatic carbocycles. The van der Waals surface area contributed by atoms with Gasteiger partial charge in [0.05, 0.1) is 5.56 Å². The lowest BCUT2D eigenvalue weighted by Crippen LogP contribution is -2.35. The Hall–Kier alpha value is -2.69. The maximum Gasteiger partial charge on any atom is 0.258 e. The van der Waals surface area contributed by atoms with Crippen molar-refractivity contribution in [3.8, 4) is 0 Å². The van der Waals surface area contributed by atoms with Gasteiger partial charge in [0.25, 0.3) is 11.8 Å². The molecule has 0 atom stereocenters. The summed E-state index contributed by atoms with van der Waals surface area (Å²) in [6.07, 6.45) is 3.26. The van der Waals surface area contributed by atoms with Crippen molar-refractivity contribution < 1.29 is 14.0 Å². The topological polar surface area (TPSA) is 49.4 Å². The highest BCUT2D eigenvalue weighted by Gasteiger charge is 2.18. The molecule has 1 N–H and O–H groups in total. The number of carbonyl (C=O) groups is 2. The maximum atomic E-state index is 13.6. The molecule has 24 heavy (non-hydrogen) atoms. The monoisotopic (exact) mass is 326 g/mol. The predicted molar refractivity (Wildman–Crippen MR) is 90.5 cm³/mol. The van der Waals surface area contributed by atoms with Crippen LogP contribution in [0.2, 0.25) is 0 Å². The van der Waals surface area contributed by atoms with Gasteiger partial charge in [-0.3, -0.25) is 9.59 Å². The molecule has 1 fully saturated rings. The van der Waals surface area contributed by atoms with Crippen molar-refractivity contribution >= 4 is 17.5 Å². The van der Waals surface area contributed by atoms with Gasteiger partial charge in [0.1, 0.15) is 5.82 Å². The third kappa shape index (κ3) is 3.62. The van der Waals surface area contributed by atoms with E-state index in [1.54, 1.807) is 30.3 Å². The summed E-state index contributed by atoms with van der Waals surface area (Å²) in [5.74, 6) is -1.06. The van der Waals surface area contributed by atoms with E-state index in [0.717, 1.165) is 25.9 Å². The first-order valence-corrected chi connectivity index (χ1v) is 8.10. The molecule has 1 aliphatic rings. The van der Waals surface area contributed by atoms with Gasteiger partial charge in [0.2, 0.25) is 0 Å². The average Bonchev–Trinajstić information content (AvgIpc) is 2.63. The van der Waals surface area contributed by atoms with E-state index in [9.17, 15) is 14.0 Å². The van der Waals surface area contributed by atoms with Crippen LogP contribution >= 0.6 is 0 Å². The molecule has 1 saturated heterocycles. The van der Waals surface area contributed by atoms with Gasteiger partial charge in [0, 0.05) is 24.3 Å². The quantitative estimate of drug-likeness (QED) is 0.935. The second kappa shape index (κ2) is 7.25. The van der Waals surface area contributed by atoms with Gasteiger partial charge < -0.3 is 10.2 Å². The fraction of sp³-hybridized carbons (Fsp3) is 0.263. The summed E-state index contributed by atoms with van der Waals surface area (Å²) in [6.45, 7) is 1.59. The van der Waals surface area contributed by atoms with Gasteiger partial charge in [-0.1, -0.05) is 12.1 Å². The molecule has 2 aromatic rings. The SMILES string of the molecule is O=C(Nc1ccc(C(=O)N2CCCCC2)cc1)c1ccccc1F. The van der Waals surface area contributed by atoms with Gasteiger partial charge in [-0.25, -0.2) is 4.39 Å². The van der Waals surface area contributed by atoms with Crippen LogP contribution in [0.15, 0.2) is 48.5 Å². The Labute approximate surface area is 140 Å². The molecule has 2 amide bonds. The minimum Gasteiger partial charge on any atom is -0.339 e. The third-order valence-corrected chi connectivity index (χ3v) is 4.15. The predicted octanol–water partition coefficient (Wildman–Crippen LogP) is 3.70. The summed E-state index contributed by atoms with van der Waals surface area (Å²) in [7, 11) is 0. The lowest BCUT2D eigenvalue weighted by Gasteiger charge is -2.26. The Bertz CT molecular complexity index is 737. The number of likely N-dealkylation sites (tertiary alicyclic amines) is 1. The van der Waals surface area contributed by atoms with Crippen LogP contribution in [0.4, 0.5) is 10.1 Å². The smallest absolute Gasteiger partial charge is 0.258 e. The molecule has 2 aromatic carbocycles. The van der Waals surface area contributed by atoms with Gasteiger partial charge in [0.15, 0.2) is 0 Å². The van der Waals surface area contributed by atoms with E-state index in [-0.39, 0.29) is 11.5 Å². The zero-order valence-electron chi connectivity index (χ0n) is 13.3. The molecule has 5 heteroatoms. The van der Waals surface area contributed by atoms with Crippen LogP contribution < -0.4 is 5.32 Å². The molecular weight excluding hydrogens is 307 g/mol. The molecule has 0 bridgehead atoms. The van der Waals surface area contributed by atoms with E-state index in [1.807, 2.05) is 4.90 Å². The minimum absolute atomic E-state index is 0.00836. The number of halogens is 1. The molecule has 0 aromatic heterocycles. The fourth-order valence-electron chi connectivity index (χ4n) is 2.82. The number of nitrogens with zero attached hydrogens (tertiary/aromatic N) is 1. The molecule has 3 rings (SSSR count). The van der Waals surface area contributed by atoms with Gasteiger partial charge in [-0.05, 0) is 55.7 Å². The van der Waals surface area contributed by atoms with Crippen LogP contribution in [-0.2, 0) is 0 Å². The van der Waals surface area contributed by atoms with E-state index in [4.69, 9.17) is 0 Å². The van der Waals surface area contributed by atoms with Crippen molar-refractivity contribution in [2.24, 2.45) is 0 Å². The van der Waals surface area contributed by atoms with Gasteiger partial charge in [-0.2, -0.15) is 0 Å². The van der Waals surface area contributed by atoms with Gasteiger partial charge >= 0.3 is 0 Å². The molecular formula is C19H19FN2O2. The molecule has 0 saturated carbocycles. The molecule has 124 valence electrons. The average molecular weight is 326 g/mol. The number of piperidine rings is 1. The standard InChI is InChI=1S/C19H19FN2O2/c20-17-7-3-2-6-16(17)18(23)21-15-10-8-14(9-11-15)19(24)22-12-4-1-5-13-22/h2-3,6-11H,1,4-5,12-13H2,(H,21,23). The second-order valence-electron chi connectivity index (χ2n) is 5.86. The summed E-state index contributed by atoms with van der Waals surface area (Å²) in [5, 5.41) is 2.64. The minimum atomic E-state index is -0.563. The van der Waals surface area contributed by atoms with E-state index in [2.05, 4.69) is 5.32 Å². The van der Waals surface area contributed by atoms with E-state index in [1.165, 1.54) is 24.6 Å². The number of carbonyl (C=O) groups excluding carboxylic acids is 2. The van der Waals surface area contributed by atoms with Crippen molar-refractivity contribution in [2.45, 2.75) is 19.3 Å². The zero-order valence-corrected chi connectivity index (χ0v) is 13.3. The molecule has 0 unspecified atom stereocenters. The van der Waals surface area contributed by atoms with Crippen LogP contribution in [0.25, 0.3) is 0 Å². The van der Waals surface area contributed by atoms with Gasteiger partial charge in [-0.15, -0.1) is 0 Å². The van der Waals surface area contributed by atoms with E-state index < -0.39 is 11.7 Å². The first kappa shape index (κ1) is 16.2. The Balaban J connectivity index is 1.67. The Kier molecular flexibility index (Phi) is 4.89. The van der Waals surface area contributed by atoms with Crippen molar-refractivity contribution in [2.75, 3.05) is 18.4 Å². The number of anilines is 1. The highest BCUT2D eigenvalue weighted by atomic mass is 19.1. The van der Waals surface area contributed by atoms with Crippen LogP contribution in [0.1, 0.15) is 40.0 Å². The van der Waals surface area contributed by atoms with Crippen LogP contribution in [0.5, 0.6) is 0 Å². The molecule has 1 aliphatic heterocycles. The third-order valence-electron chi connectivity index (χ3n) is 4.15. The first-order chi connectivity index (χ1) is 11.6. The summed E-state index contributed by atoms with van der Waals surface area (Å²) in [4.78, 5) is 26.3. The molecule has 1 heterocycles. The van der Waals surface area contributed by atoms with Crippen molar-refractivity contribution in [1.29, 1.82) is 0 Å². The van der Waals surface area contributed by atoms with Crippen molar-refractivity contribution in [3.63, 3.8) is 0 Å². The summed E-state index contributed by atoms with van der Waals surface area (Å²) < 4.78 is 13.6. The molecule has 4 nitrogen and oxygen atoms in total. The molecule has 0 spiro atoms. The number of hydrogen-bond acceptors (Lipinski definition) is 2. The summed E-state index contributed by atoms with van der Waals surface area (Å²) >= 11 is 0. The number of nitrogens with one attached hydrogen (secondary N) is 1. The van der Waals surface area contributed by atoms with Crippen LogP contribution in [0.3, 0.4) is 0 Å². The highest BCUT2D eigenvalue weighted by molar-refractivity contribution is 6.04.